The molecule has 0 aliphatic carbocycles. The van der Waals surface area contributed by atoms with E-state index >= 15 is 0 Å². The highest BCUT2D eigenvalue weighted by Crippen LogP contribution is 2.40. The predicted molar refractivity (Wildman–Crippen MR) is 269 cm³/mol. The van der Waals surface area contributed by atoms with Crippen LogP contribution in [0.2, 0.25) is 0 Å². The molecule has 66 heavy (non-hydrogen) atoms. The van der Waals surface area contributed by atoms with E-state index in [1.165, 1.54) is 0 Å². The van der Waals surface area contributed by atoms with Crippen molar-refractivity contribution in [2.24, 2.45) is 5.92 Å². The molecule has 9 nitrogen and oxygen atoms in total. The number of likely N-dealkylation sites (tertiary alicyclic amines) is 1. The molecule has 0 saturated carbocycles. The van der Waals surface area contributed by atoms with Crippen LogP contribution in [0.1, 0.15) is 35.6 Å². The van der Waals surface area contributed by atoms with E-state index in [-0.39, 0.29) is 17.9 Å². The monoisotopic (exact) mass is 859 g/mol. The summed E-state index contributed by atoms with van der Waals surface area (Å²) in [6, 6.07) is 56.6. The largest absolute Gasteiger partial charge is 0.354 e. The van der Waals surface area contributed by atoms with Gasteiger partial charge in [0.1, 0.15) is 0 Å². The van der Waals surface area contributed by atoms with Gasteiger partial charge in [0.25, 0.3) is 0 Å². The maximum Gasteiger partial charge on any atom is 0.321 e. The minimum absolute atomic E-state index is 0.0850. The molecule has 1 saturated heterocycles. The number of nitrogens with one attached hydrogen (secondary N) is 4. The third-order valence-corrected chi connectivity index (χ3v) is 12.5. The molecule has 3 aliphatic heterocycles. The summed E-state index contributed by atoms with van der Waals surface area (Å²) in [5, 5.41) is 6.29. The number of anilines is 2. The van der Waals surface area contributed by atoms with Gasteiger partial charge in [0, 0.05) is 68.7 Å². The summed E-state index contributed by atoms with van der Waals surface area (Å²) < 4.78 is 0. The Morgan fingerprint density at radius 2 is 0.909 bits per heavy atom. The van der Waals surface area contributed by atoms with Crippen LogP contribution >= 0.6 is 0 Å². The molecule has 8 bridgehead atoms. The zero-order valence-electron chi connectivity index (χ0n) is 36.0. The number of amides is 3. The molecule has 3 aliphatic rings. The molecule has 6 heterocycles. The molecule has 320 valence electrons. The SMILES string of the molecule is O=C(Nc1ccccc1)[C@H]1CCCN(C(=O)Nc2ccccc2-c2c3nc(c(-c4ccccc4)c4ccc([nH]4)c(-c4ccccc4)c4nc(c(-c5ccccc5)c5ccc2[nH]5)C=C4)C=C3)C1. The maximum absolute atomic E-state index is 14.3. The number of carbonyl (C=O) groups is 2. The van der Waals surface area contributed by atoms with Crippen molar-refractivity contribution < 1.29 is 9.59 Å². The zero-order chi connectivity index (χ0) is 44.4. The number of carbonyl (C=O) groups excluding carboxylic acids is 2. The van der Waals surface area contributed by atoms with Crippen molar-refractivity contribution in [3.63, 3.8) is 0 Å². The summed E-state index contributed by atoms with van der Waals surface area (Å²) >= 11 is 0. The highest BCUT2D eigenvalue weighted by atomic mass is 16.2. The molecule has 5 aromatic carbocycles. The van der Waals surface area contributed by atoms with Gasteiger partial charge in [-0.25, -0.2) is 14.8 Å². The second-order valence-corrected chi connectivity index (χ2v) is 16.7. The Bertz CT molecular complexity index is 3320. The van der Waals surface area contributed by atoms with E-state index in [4.69, 9.17) is 9.97 Å². The standard InChI is InChI=1S/C57H45N7O2/c65-56(58-41-23-11-4-12-24-41)40-22-15-35-64(36-40)57(66)63-43-26-14-13-25-42(43)55-50-33-31-48(61-50)53(38-18-7-2-8-19-38)46-29-27-44(59-46)52(37-16-5-1-6-17-37)45-28-30-47(60-45)54(39-20-9-3-10-21-39)49-32-34-51(55)62-49/h1-14,16-21,23-34,40,59,62H,15,22,35-36H2,(H,58,65)(H,63,66)/t40-/m0/s1. The number of rotatable bonds is 7. The number of H-pyrrole nitrogens is 2. The van der Waals surface area contributed by atoms with Crippen molar-refractivity contribution in [1.82, 2.24) is 24.8 Å². The van der Waals surface area contributed by atoms with Gasteiger partial charge in [0.2, 0.25) is 5.91 Å². The van der Waals surface area contributed by atoms with Crippen molar-refractivity contribution in [1.29, 1.82) is 0 Å². The molecule has 1 fully saturated rings. The van der Waals surface area contributed by atoms with Crippen LogP contribution in [0, 0.1) is 5.92 Å². The third kappa shape index (κ3) is 7.88. The van der Waals surface area contributed by atoms with Gasteiger partial charge in [0.05, 0.1) is 34.4 Å². The fraction of sp³-hybridized carbons (Fsp3) is 0.0877. The van der Waals surface area contributed by atoms with Crippen molar-refractivity contribution in [3.8, 4) is 44.5 Å². The molecule has 0 unspecified atom stereocenters. The summed E-state index contributed by atoms with van der Waals surface area (Å²) in [5.74, 6) is -0.415. The highest BCUT2D eigenvalue weighted by molar-refractivity contribution is 6.03. The maximum atomic E-state index is 14.3. The minimum atomic E-state index is -0.330. The summed E-state index contributed by atoms with van der Waals surface area (Å²) in [4.78, 5) is 47.9. The second-order valence-electron chi connectivity index (χ2n) is 16.7. The first-order valence-electron chi connectivity index (χ1n) is 22.4. The van der Waals surface area contributed by atoms with E-state index in [1.54, 1.807) is 4.90 Å². The van der Waals surface area contributed by atoms with Crippen LogP contribution in [-0.2, 0) is 4.79 Å². The van der Waals surface area contributed by atoms with Gasteiger partial charge in [0.15, 0.2) is 0 Å². The van der Waals surface area contributed by atoms with Crippen LogP contribution in [0.3, 0.4) is 0 Å². The van der Waals surface area contributed by atoms with E-state index in [2.05, 4.69) is 118 Å². The first kappa shape index (κ1) is 40.2. The molecule has 11 rings (SSSR count). The van der Waals surface area contributed by atoms with Gasteiger partial charge in [-0.15, -0.1) is 0 Å². The number of fused-ring (bicyclic) bond motifs is 8. The van der Waals surface area contributed by atoms with E-state index in [0.29, 0.717) is 25.2 Å². The summed E-state index contributed by atoms with van der Waals surface area (Å²) in [5.41, 5.74) is 15.7. The Balaban J connectivity index is 1.11. The van der Waals surface area contributed by atoms with Crippen molar-refractivity contribution in [2.45, 2.75) is 12.8 Å². The summed E-state index contributed by atoms with van der Waals surface area (Å²) in [7, 11) is 0. The molecule has 0 spiro atoms. The van der Waals surface area contributed by atoms with Gasteiger partial charge in [-0.1, -0.05) is 127 Å². The fourth-order valence-corrected chi connectivity index (χ4v) is 9.36. The third-order valence-electron chi connectivity index (χ3n) is 12.5. The van der Waals surface area contributed by atoms with E-state index in [0.717, 1.165) is 101 Å². The van der Waals surface area contributed by atoms with E-state index < -0.39 is 0 Å². The number of urea groups is 1. The fourth-order valence-electron chi connectivity index (χ4n) is 9.36. The summed E-state index contributed by atoms with van der Waals surface area (Å²) in [6.45, 7) is 0.863. The average molecular weight is 860 g/mol. The Labute approximate surface area is 382 Å². The Morgan fingerprint density at radius 3 is 1.41 bits per heavy atom. The minimum Gasteiger partial charge on any atom is -0.354 e. The van der Waals surface area contributed by atoms with E-state index in [1.807, 2.05) is 97.1 Å². The van der Waals surface area contributed by atoms with Crippen molar-refractivity contribution in [2.75, 3.05) is 23.7 Å². The van der Waals surface area contributed by atoms with Gasteiger partial charge < -0.3 is 25.5 Å². The van der Waals surface area contributed by atoms with Gasteiger partial charge in [-0.3, -0.25) is 4.79 Å². The lowest BCUT2D eigenvalue weighted by Gasteiger charge is -2.32. The zero-order valence-corrected chi connectivity index (χ0v) is 36.0. The number of hydrogen-bond acceptors (Lipinski definition) is 4. The van der Waals surface area contributed by atoms with Crippen LogP contribution in [0.4, 0.5) is 16.2 Å². The highest BCUT2D eigenvalue weighted by Gasteiger charge is 2.29. The molecule has 8 aromatic rings. The van der Waals surface area contributed by atoms with Gasteiger partial charge in [-0.2, -0.15) is 0 Å². The second kappa shape index (κ2) is 17.5. The number of piperidine rings is 1. The molecular formula is C57H45N7O2. The topological polar surface area (TPSA) is 119 Å². The van der Waals surface area contributed by atoms with E-state index in [9.17, 15) is 9.59 Å². The van der Waals surface area contributed by atoms with Crippen LogP contribution in [0.15, 0.2) is 170 Å². The Hall–Kier alpha value is -8.56. The van der Waals surface area contributed by atoms with Gasteiger partial charge >= 0.3 is 6.03 Å². The summed E-state index contributed by atoms with van der Waals surface area (Å²) in [6.07, 6.45) is 9.76. The molecular weight excluding hydrogens is 815 g/mol. The average Bonchev–Trinajstić information content (AvgIpc) is 4.22. The number of hydrogen-bond donors (Lipinski definition) is 4. The van der Waals surface area contributed by atoms with Crippen LogP contribution in [-0.4, -0.2) is 49.9 Å². The predicted octanol–water partition coefficient (Wildman–Crippen LogP) is 13.2. The lowest BCUT2D eigenvalue weighted by molar-refractivity contribution is -0.121. The molecule has 9 heteroatoms. The number of aromatic nitrogens is 4. The Kier molecular flexibility index (Phi) is 10.7. The van der Waals surface area contributed by atoms with Gasteiger partial charge in [-0.05, 0) is 96.3 Å². The molecule has 3 amide bonds. The molecule has 0 radical (unpaired) electrons. The molecule has 3 aromatic heterocycles. The molecule has 1 atom stereocenters. The number of benzene rings is 5. The van der Waals surface area contributed by atoms with Crippen LogP contribution in [0.25, 0.3) is 90.9 Å². The first-order valence-corrected chi connectivity index (χ1v) is 22.4. The molecule has 4 N–H and O–H groups in total. The lowest BCUT2D eigenvalue weighted by Crippen LogP contribution is -2.45. The number of nitrogens with zero attached hydrogens (tertiary/aromatic N) is 3. The van der Waals surface area contributed by atoms with Crippen molar-refractivity contribution in [3.05, 3.63) is 193 Å². The lowest BCUT2D eigenvalue weighted by atomic mass is 9.97. The number of para-hydroxylation sites is 2. The quantitative estimate of drug-likeness (QED) is 0.128. The smallest absolute Gasteiger partial charge is 0.321 e. The Morgan fingerprint density at radius 1 is 0.485 bits per heavy atom. The van der Waals surface area contributed by atoms with Crippen LogP contribution in [0.5, 0.6) is 0 Å². The first-order chi connectivity index (χ1) is 32.5. The normalized spacial score (nSPS) is 14.2. The number of aromatic amines is 2. The van der Waals surface area contributed by atoms with Crippen LogP contribution < -0.4 is 10.6 Å². The van der Waals surface area contributed by atoms with Crippen molar-refractivity contribution >= 4 is 69.7 Å².